The summed E-state index contributed by atoms with van der Waals surface area (Å²) in [6.45, 7) is 0.659. The van der Waals surface area contributed by atoms with Gasteiger partial charge in [0.25, 0.3) is 0 Å². The van der Waals surface area contributed by atoms with E-state index in [0.717, 1.165) is 5.84 Å². The lowest BCUT2D eigenvalue weighted by Crippen LogP contribution is -2.28. The van der Waals surface area contributed by atoms with Gasteiger partial charge in [-0.05, 0) is 12.8 Å². The molecule has 15 heavy (non-hydrogen) atoms. The third-order valence-corrected chi connectivity index (χ3v) is 3.31. The zero-order chi connectivity index (χ0) is 10.7. The minimum absolute atomic E-state index is 0.0828. The summed E-state index contributed by atoms with van der Waals surface area (Å²) in [5.41, 5.74) is 5.98. The molecule has 1 saturated heterocycles. The van der Waals surface area contributed by atoms with Gasteiger partial charge in [0.15, 0.2) is 0 Å². The summed E-state index contributed by atoms with van der Waals surface area (Å²) < 4.78 is 0. The van der Waals surface area contributed by atoms with E-state index in [-0.39, 0.29) is 11.9 Å². The van der Waals surface area contributed by atoms with Crippen LogP contribution in [0.4, 0.5) is 0 Å². The molecule has 2 rings (SSSR count). The first kappa shape index (κ1) is 10.5. The third-order valence-electron chi connectivity index (χ3n) is 3.31. The second-order valence-corrected chi connectivity index (χ2v) is 4.55. The zero-order valence-corrected chi connectivity index (χ0v) is 9.04. The van der Waals surface area contributed by atoms with E-state index in [1.165, 1.54) is 32.1 Å². The Kier molecular flexibility index (Phi) is 3.23. The van der Waals surface area contributed by atoms with Gasteiger partial charge in [0, 0.05) is 12.5 Å². The molecule has 0 aromatic carbocycles. The predicted octanol–water partition coefficient (Wildman–Crippen LogP) is 0.812. The van der Waals surface area contributed by atoms with Crippen molar-refractivity contribution in [2.75, 3.05) is 6.54 Å². The summed E-state index contributed by atoms with van der Waals surface area (Å²) in [5, 5.41) is 2.78. The van der Waals surface area contributed by atoms with Gasteiger partial charge in [-0.2, -0.15) is 0 Å². The monoisotopic (exact) mass is 209 g/mol. The van der Waals surface area contributed by atoms with E-state index in [0.29, 0.717) is 18.9 Å². The molecule has 1 atom stereocenters. The Bertz CT molecular complexity index is 269. The minimum atomic E-state index is 0.0828. The van der Waals surface area contributed by atoms with Crippen molar-refractivity contribution >= 4 is 11.7 Å². The lowest BCUT2D eigenvalue weighted by Gasteiger charge is -2.21. The fraction of sp³-hybridized carbons (Fsp3) is 0.818. The van der Waals surface area contributed by atoms with Gasteiger partial charge >= 0.3 is 0 Å². The minimum Gasteiger partial charge on any atom is -0.387 e. The molecule has 4 nitrogen and oxygen atoms in total. The number of carbonyl (C=O) groups is 1. The van der Waals surface area contributed by atoms with Gasteiger partial charge in [-0.1, -0.05) is 19.3 Å². The standard InChI is InChI=1S/C11H19N3O/c12-11(8-4-2-1-3-5-8)14-9-6-10(15)13-7-9/h8-9H,1-7H2,(H2,12,14)(H,13,15). The Morgan fingerprint density at radius 2 is 2.07 bits per heavy atom. The van der Waals surface area contributed by atoms with Crippen LogP contribution in [0.2, 0.25) is 0 Å². The van der Waals surface area contributed by atoms with Crippen LogP contribution in [0.1, 0.15) is 38.5 Å². The first-order chi connectivity index (χ1) is 7.25. The molecule has 0 radical (unpaired) electrons. The van der Waals surface area contributed by atoms with Gasteiger partial charge in [0.05, 0.1) is 18.3 Å². The number of amides is 1. The van der Waals surface area contributed by atoms with Crippen molar-refractivity contribution in [2.45, 2.75) is 44.6 Å². The largest absolute Gasteiger partial charge is 0.387 e. The summed E-state index contributed by atoms with van der Waals surface area (Å²) in [6, 6.07) is 0.0828. The van der Waals surface area contributed by atoms with Crippen LogP contribution in [0.3, 0.4) is 0 Å². The topological polar surface area (TPSA) is 67.5 Å². The molecule has 2 fully saturated rings. The lowest BCUT2D eigenvalue weighted by molar-refractivity contribution is -0.119. The summed E-state index contributed by atoms with van der Waals surface area (Å²) in [6.07, 6.45) is 6.71. The number of nitrogens with two attached hydrogens (primary N) is 1. The first-order valence-electron chi connectivity index (χ1n) is 5.85. The summed E-state index contributed by atoms with van der Waals surface area (Å²) in [7, 11) is 0. The van der Waals surface area contributed by atoms with Crippen LogP contribution >= 0.6 is 0 Å². The Morgan fingerprint density at radius 1 is 1.33 bits per heavy atom. The van der Waals surface area contributed by atoms with Crippen molar-refractivity contribution < 1.29 is 4.79 Å². The zero-order valence-electron chi connectivity index (χ0n) is 9.04. The van der Waals surface area contributed by atoms with Crippen LogP contribution in [0, 0.1) is 5.92 Å². The Balaban J connectivity index is 1.90. The summed E-state index contributed by atoms with van der Waals surface area (Å²) in [5.74, 6) is 1.34. The average Bonchev–Trinajstić information content (AvgIpc) is 2.65. The highest BCUT2D eigenvalue weighted by molar-refractivity contribution is 5.84. The van der Waals surface area contributed by atoms with Crippen molar-refractivity contribution in [1.82, 2.24) is 5.32 Å². The summed E-state index contributed by atoms with van der Waals surface area (Å²) in [4.78, 5) is 15.5. The first-order valence-corrected chi connectivity index (χ1v) is 5.85. The van der Waals surface area contributed by atoms with E-state index >= 15 is 0 Å². The molecule has 0 spiro atoms. The van der Waals surface area contributed by atoms with E-state index < -0.39 is 0 Å². The molecule has 1 saturated carbocycles. The smallest absolute Gasteiger partial charge is 0.222 e. The normalized spacial score (nSPS) is 29.2. The molecule has 0 aromatic heterocycles. The molecule has 84 valence electrons. The Morgan fingerprint density at radius 3 is 2.67 bits per heavy atom. The molecular formula is C11H19N3O. The van der Waals surface area contributed by atoms with Crippen molar-refractivity contribution in [3.63, 3.8) is 0 Å². The number of aliphatic imine (C=N–C) groups is 1. The van der Waals surface area contributed by atoms with Gasteiger partial charge in [-0.15, -0.1) is 0 Å². The highest BCUT2D eigenvalue weighted by Crippen LogP contribution is 2.24. The molecule has 1 amide bonds. The molecule has 1 unspecified atom stereocenters. The maximum Gasteiger partial charge on any atom is 0.222 e. The highest BCUT2D eigenvalue weighted by atomic mass is 16.1. The van der Waals surface area contributed by atoms with E-state index in [2.05, 4.69) is 10.3 Å². The molecule has 3 N–H and O–H groups in total. The maximum atomic E-state index is 11.0. The number of rotatable bonds is 2. The molecule has 4 heteroatoms. The van der Waals surface area contributed by atoms with Crippen LogP contribution in [-0.4, -0.2) is 24.3 Å². The SMILES string of the molecule is NC(=NC1CNC(=O)C1)C1CCCCC1. The van der Waals surface area contributed by atoms with Gasteiger partial charge in [-0.25, -0.2) is 0 Å². The van der Waals surface area contributed by atoms with Gasteiger partial charge < -0.3 is 11.1 Å². The van der Waals surface area contributed by atoms with E-state index in [1.807, 2.05) is 0 Å². The van der Waals surface area contributed by atoms with Crippen LogP contribution in [0.15, 0.2) is 4.99 Å². The van der Waals surface area contributed by atoms with Gasteiger partial charge in [0.2, 0.25) is 5.91 Å². The predicted molar refractivity (Wildman–Crippen MR) is 59.6 cm³/mol. The maximum absolute atomic E-state index is 11.0. The van der Waals surface area contributed by atoms with Crippen LogP contribution in [-0.2, 0) is 4.79 Å². The van der Waals surface area contributed by atoms with Crippen molar-refractivity contribution in [3.8, 4) is 0 Å². The van der Waals surface area contributed by atoms with Crippen molar-refractivity contribution in [2.24, 2.45) is 16.6 Å². The van der Waals surface area contributed by atoms with Crippen molar-refractivity contribution in [3.05, 3.63) is 0 Å². The number of nitrogens with zero attached hydrogens (tertiary/aromatic N) is 1. The van der Waals surface area contributed by atoms with Gasteiger partial charge in [-0.3, -0.25) is 9.79 Å². The molecular weight excluding hydrogens is 190 g/mol. The molecule has 0 bridgehead atoms. The number of hydrogen-bond donors (Lipinski definition) is 2. The van der Waals surface area contributed by atoms with Crippen LogP contribution in [0.5, 0.6) is 0 Å². The molecule has 2 aliphatic rings. The molecule has 0 aromatic rings. The highest BCUT2D eigenvalue weighted by Gasteiger charge is 2.23. The quantitative estimate of drug-likeness (QED) is 0.522. The second-order valence-electron chi connectivity index (χ2n) is 4.55. The summed E-state index contributed by atoms with van der Waals surface area (Å²) >= 11 is 0. The molecule has 1 aliphatic heterocycles. The van der Waals surface area contributed by atoms with Crippen LogP contribution < -0.4 is 11.1 Å². The number of hydrogen-bond acceptors (Lipinski definition) is 2. The Hall–Kier alpha value is -1.06. The number of carbonyl (C=O) groups excluding carboxylic acids is 1. The number of nitrogens with one attached hydrogen (secondary N) is 1. The third kappa shape index (κ3) is 2.70. The molecule has 1 aliphatic carbocycles. The lowest BCUT2D eigenvalue weighted by atomic mass is 9.88. The Labute approximate surface area is 90.3 Å². The van der Waals surface area contributed by atoms with Gasteiger partial charge in [0.1, 0.15) is 0 Å². The fourth-order valence-corrected chi connectivity index (χ4v) is 2.40. The van der Waals surface area contributed by atoms with E-state index in [4.69, 9.17) is 5.73 Å². The van der Waals surface area contributed by atoms with Crippen LogP contribution in [0.25, 0.3) is 0 Å². The molecule has 1 heterocycles. The fourth-order valence-electron chi connectivity index (χ4n) is 2.40. The van der Waals surface area contributed by atoms with E-state index in [1.54, 1.807) is 0 Å². The second kappa shape index (κ2) is 4.64. The van der Waals surface area contributed by atoms with E-state index in [9.17, 15) is 4.79 Å². The number of amidine groups is 1. The van der Waals surface area contributed by atoms with Crippen molar-refractivity contribution in [1.29, 1.82) is 0 Å². The average molecular weight is 209 g/mol.